The van der Waals surface area contributed by atoms with Crippen LogP contribution in [0.3, 0.4) is 0 Å². The van der Waals surface area contributed by atoms with Crippen LogP contribution in [0.2, 0.25) is 0 Å². The summed E-state index contributed by atoms with van der Waals surface area (Å²) >= 11 is 5.26. The molecule has 1 rings (SSSR count). The maximum absolute atomic E-state index is 12.9. The van der Waals surface area contributed by atoms with Crippen LogP contribution in [0.4, 0.5) is 0 Å². The highest BCUT2D eigenvalue weighted by atomic mass is 32.1. The molecular weight excluding hydrogens is 280 g/mol. The molecule has 1 aliphatic carbocycles. The van der Waals surface area contributed by atoms with Gasteiger partial charge in [0, 0.05) is 6.04 Å². The molecule has 0 aromatic heterocycles. The van der Waals surface area contributed by atoms with Crippen LogP contribution in [0.25, 0.3) is 0 Å². The quantitative estimate of drug-likeness (QED) is 0.667. The van der Waals surface area contributed by atoms with Crippen molar-refractivity contribution in [3.63, 3.8) is 0 Å². The van der Waals surface area contributed by atoms with Crippen molar-refractivity contribution < 1.29 is 4.79 Å². The van der Waals surface area contributed by atoms with Crippen molar-refractivity contribution in [2.75, 3.05) is 0 Å². The second-order valence-corrected chi connectivity index (χ2v) is 7.05. The van der Waals surface area contributed by atoms with Crippen LogP contribution in [-0.2, 0) is 4.79 Å². The maximum Gasteiger partial charge on any atom is 0.233 e. The Hall–Kier alpha value is -0.640. The number of nitrogens with one attached hydrogen (secondary N) is 1. The van der Waals surface area contributed by atoms with Gasteiger partial charge in [0.25, 0.3) is 0 Å². The number of hydrogen-bond acceptors (Lipinski definition) is 2. The number of hydrogen-bond donors (Lipinski definition) is 2. The Balaban J connectivity index is 2.77. The Labute approximate surface area is 135 Å². The highest BCUT2D eigenvalue weighted by Gasteiger charge is 2.40. The summed E-state index contributed by atoms with van der Waals surface area (Å²) in [5, 5.41) is 3.24. The SMILES string of the molecule is CCCC(CCC)(C(=O)NC(C)C1CCCCC1)C(N)=S. The molecule has 0 aromatic rings. The van der Waals surface area contributed by atoms with E-state index in [1.54, 1.807) is 0 Å². The molecule has 4 heteroatoms. The van der Waals surface area contributed by atoms with Crippen molar-refractivity contribution in [3.05, 3.63) is 0 Å². The molecule has 0 saturated heterocycles. The molecule has 1 atom stereocenters. The van der Waals surface area contributed by atoms with E-state index in [-0.39, 0.29) is 11.9 Å². The van der Waals surface area contributed by atoms with Crippen LogP contribution in [-0.4, -0.2) is 16.9 Å². The average molecular weight is 313 g/mol. The minimum atomic E-state index is -0.651. The van der Waals surface area contributed by atoms with Gasteiger partial charge in [0.15, 0.2) is 0 Å². The summed E-state index contributed by atoms with van der Waals surface area (Å²) in [7, 11) is 0. The molecule has 0 spiro atoms. The van der Waals surface area contributed by atoms with E-state index in [2.05, 4.69) is 26.1 Å². The van der Waals surface area contributed by atoms with E-state index in [0.717, 1.165) is 25.7 Å². The lowest BCUT2D eigenvalue weighted by Gasteiger charge is -2.35. The van der Waals surface area contributed by atoms with Crippen LogP contribution in [0.5, 0.6) is 0 Å². The van der Waals surface area contributed by atoms with E-state index in [9.17, 15) is 4.79 Å². The monoisotopic (exact) mass is 312 g/mol. The summed E-state index contributed by atoms with van der Waals surface area (Å²) in [6.45, 7) is 6.30. The van der Waals surface area contributed by atoms with Crippen molar-refractivity contribution in [1.82, 2.24) is 5.32 Å². The number of carbonyl (C=O) groups excluding carboxylic acids is 1. The highest BCUT2D eigenvalue weighted by molar-refractivity contribution is 7.80. The largest absolute Gasteiger partial charge is 0.392 e. The maximum atomic E-state index is 12.9. The zero-order valence-electron chi connectivity index (χ0n) is 13.9. The molecule has 0 bridgehead atoms. The predicted molar refractivity (Wildman–Crippen MR) is 93.2 cm³/mol. The van der Waals surface area contributed by atoms with Crippen LogP contribution in [0.1, 0.15) is 78.6 Å². The Bertz CT molecular complexity index is 345. The van der Waals surface area contributed by atoms with Gasteiger partial charge in [-0.15, -0.1) is 0 Å². The van der Waals surface area contributed by atoms with Gasteiger partial charge in [-0.1, -0.05) is 58.2 Å². The van der Waals surface area contributed by atoms with Crippen LogP contribution < -0.4 is 11.1 Å². The van der Waals surface area contributed by atoms with E-state index in [1.165, 1.54) is 32.1 Å². The summed E-state index contributed by atoms with van der Waals surface area (Å²) in [6.07, 6.45) is 9.69. The average Bonchev–Trinajstić information content (AvgIpc) is 2.47. The lowest BCUT2D eigenvalue weighted by Crippen LogP contribution is -2.52. The van der Waals surface area contributed by atoms with Gasteiger partial charge < -0.3 is 11.1 Å². The van der Waals surface area contributed by atoms with Crippen molar-refractivity contribution in [1.29, 1.82) is 0 Å². The number of amides is 1. The third-order valence-electron chi connectivity index (χ3n) is 4.98. The third-order valence-corrected chi connectivity index (χ3v) is 5.37. The molecule has 0 radical (unpaired) electrons. The van der Waals surface area contributed by atoms with Crippen molar-refractivity contribution >= 4 is 23.1 Å². The van der Waals surface area contributed by atoms with Crippen LogP contribution in [0, 0.1) is 11.3 Å². The molecule has 1 aliphatic rings. The minimum Gasteiger partial charge on any atom is -0.392 e. The second kappa shape index (κ2) is 8.72. The fourth-order valence-electron chi connectivity index (χ4n) is 3.66. The number of rotatable bonds is 8. The smallest absolute Gasteiger partial charge is 0.233 e. The van der Waals surface area contributed by atoms with Crippen LogP contribution in [0.15, 0.2) is 0 Å². The normalized spacial score (nSPS) is 18.2. The van der Waals surface area contributed by atoms with Crippen LogP contribution >= 0.6 is 12.2 Å². The molecule has 1 amide bonds. The van der Waals surface area contributed by atoms with Gasteiger partial charge in [-0.3, -0.25) is 4.79 Å². The number of carbonyl (C=O) groups is 1. The summed E-state index contributed by atoms with van der Waals surface area (Å²) < 4.78 is 0. The molecule has 1 unspecified atom stereocenters. The first-order valence-corrected chi connectivity index (χ1v) is 8.99. The van der Waals surface area contributed by atoms with Gasteiger partial charge in [-0.25, -0.2) is 0 Å². The van der Waals surface area contributed by atoms with Gasteiger partial charge >= 0.3 is 0 Å². The fraction of sp³-hybridized carbons (Fsp3) is 0.882. The first-order valence-electron chi connectivity index (χ1n) is 8.58. The molecule has 3 N–H and O–H groups in total. The standard InChI is InChI=1S/C17H32N2OS/c1-4-11-17(12-5-2,15(18)21)16(20)19-13(3)14-9-7-6-8-10-14/h13-14H,4-12H2,1-3H3,(H2,18,21)(H,19,20). The number of thiocarbonyl (C=S) groups is 1. The zero-order chi connectivity index (χ0) is 15.9. The summed E-state index contributed by atoms with van der Waals surface area (Å²) in [6, 6.07) is 0.222. The Kier molecular flexibility index (Phi) is 7.64. The fourth-order valence-corrected chi connectivity index (χ4v) is 3.96. The van der Waals surface area contributed by atoms with E-state index in [0.29, 0.717) is 10.9 Å². The van der Waals surface area contributed by atoms with E-state index >= 15 is 0 Å². The molecule has 122 valence electrons. The highest BCUT2D eigenvalue weighted by Crippen LogP contribution is 2.32. The summed E-state index contributed by atoms with van der Waals surface area (Å²) in [5.41, 5.74) is 5.32. The first-order chi connectivity index (χ1) is 9.97. The van der Waals surface area contributed by atoms with E-state index < -0.39 is 5.41 Å². The van der Waals surface area contributed by atoms with Crippen molar-refractivity contribution in [2.45, 2.75) is 84.6 Å². The Morgan fingerprint density at radius 3 is 2.19 bits per heavy atom. The second-order valence-electron chi connectivity index (χ2n) is 6.61. The summed E-state index contributed by atoms with van der Waals surface area (Å²) in [5.74, 6) is 0.659. The molecule has 1 saturated carbocycles. The van der Waals surface area contributed by atoms with Gasteiger partial charge in [0.2, 0.25) is 5.91 Å². The van der Waals surface area contributed by atoms with Gasteiger partial charge in [0.05, 0.1) is 10.4 Å². The molecular formula is C17H32N2OS. The van der Waals surface area contributed by atoms with Gasteiger partial charge in [0.1, 0.15) is 0 Å². The van der Waals surface area contributed by atoms with Gasteiger partial charge in [-0.05, 0) is 38.5 Å². The topological polar surface area (TPSA) is 55.1 Å². The Morgan fingerprint density at radius 2 is 1.76 bits per heavy atom. The van der Waals surface area contributed by atoms with E-state index in [1.807, 2.05) is 0 Å². The van der Waals surface area contributed by atoms with Gasteiger partial charge in [-0.2, -0.15) is 0 Å². The molecule has 1 fully saturated rings. The molecule has 3 nitrogen and oxygen atoms in total. The molecule has 0 aliphatic heterocycles. The first kappa shape index (κ1) is 18.4. The Morgan fingerprint density at radius 1 is 1.24 bits per heavy atom. The number of nitrogens with two attached hydrogens (primary N) is 1. The van der Waals surface area contributed by atoms with E-state index in [4.69, 9.17) is 18.0 Å². The summed E-state index contributed by atoms with van der Waals surface area (Å²) in [4.78, 5) is 13.2. The molecule has 0 aromatic carbocycles. The third kappa shape index (κ3) is 4.67. The van der Waals surface area contributed by atoms with Crippen molar-refractivity contribution in [2.24, 2.45) is 17.1 Å². The molecule has 0 heterocycles. The molecule has 21 heavy (non-hydrogen) atoms. The van der Waals surface area contributed by atoms with Crippen molar-refractivity contribution in [3.8, 4) is 0 Å². The lowest BCUT2D eigenvalue weighted by atomic mass is 9.77. The predicted octanol–water partition coefficient (Wildman–Crippen LogP) is 3.94. The lowest BCUT2D eigenvalue weighted by molar-refractivity contribution is -0.129. The zero-order valence-corrected chi connectivity index (χ0v) is 14.7. The minimum absolute atomic E-state index is 0.0526.